The number of nitrogens with one attached hydrogen (secondary N) is 1. The van der Waals surface area contributed by atoms with E-state index in [1.165, 1.54) is 13.2 Å². The largest absolute Gasteiger partial charge is 0.495 e. The Balaban J connectivity index is 2.38. The summed E-state index contributed by atoms with van der Waals surface area (Å²) in [5, 5.41) is 12.5. The standard InChI is InChI=1S/C18H14BrClN2O2/c1-11-5-3-4-6-16(11)22-18(23)13(10-21)7-12-8-14(20)9-15(19)17(12)24-2/h3-9H,1-2H3,(H,22,23)/b13-7+. The van der Waals surface area contributed by atoms with Crippen LogP contribution in [-0.4, -0.2) is 13.0 Å². The lowest BCUT2D eigenvalue weighted by molar-refractivity contribution is -0.112. The van der Waals surface area contributed by atoms with E-state index in [9.17, 15) is 10.1 Å². The maximum absolute atomic E-state index is 12.4. The molecule has 0 fully saturated rings. The first kappa shape index (κ1) is 18.1. The van der Waals surface area contributed by atoms with Gasteiger partial charge in [0, 0.05) is 16.3 Å². The summed E-state index contributed by atoms with van der Waals surface area (Å²) >= 11 is 9.39. The van der Waals surface area contributed by atoms with Crippen molar-refractivity contribution in [1.29, 1.82) is 5.26 Å². The number of rotatable bonds is 4. The molecule has 0 spiro atoms. The number of halogens is 2. The van der Waals surface area contributed by atoms with Gasteiger partial charge in [0.25, 0.3) is 5.91 Å². The molecule has 0 saturated heterocycles. The van der Waals surface area contributed by atoms with E-state index >= 15 is 0 Å². The minimum absolute atomic E-state index is 0.0503. The highest BCUT2D eigenvalue weighted by atomic mass is 79.9. The summed E-state index contributed by atoms with van der Waals surface area (Å²) in [5.74, 6) is 0.000734. The van der Waals surface area contributed by atoms with Crippen LogP contribution < -0.4 is 10.1 Å². The quantitative estimate of drug-likeness (QED) is 0.577. The SMILES string of the molecule is COc1c(Br)cc(Cl)cc1/C=C(\C#N)C(=O)Nc1ccccc1C. The van der Waals surface area contributed by atoms with Crippen molar-refractivity contribution >= 4 is 45.2 Å². The molecule has 0 saturated carbocycles. The summed E-state index contributed by atoms with van der Waals surface area (Å²) in [7, 11) is 1.50. The summed E-state index contributed by atoms with van der Waals surface area (Å²) in [6.07, 6.45) is 1.45. The van der Waals surface area contributed by atoms with Crippen LogP contribution >= 0.6 is 27.5 Å². The number of carbonyl (C=O) groups is 1. The number of para-hydroxylation sites is 1. The van der Waals surface area contributed by atoms with Crippen LogP contribution in [0, 0.1) is 18.3 Å². The van der Waals surface area contributed by atoms with Crippen molar-refractivity contribution in [2.75, 3.05) is 12.4 Å². The van der Waals surface area contributed by atoms with Crippen LogP contribution in [0.2, 0.25) is 5.02 Å². The smallest absolute Gasteiger partial charge is 0.266 e. The summed E-state index contributed by atoms with van der Waals surface area (Å²) in [6.45, 7) is 1.88. The van der Waals surface area contributed by atoms with E-state index in [4.69, 9.17) is 16.3 Å². The first-order valence-electron chi connectivity index (χ1n) is 6.98. The predicted molar refractivity (Wildman–Crippen MR) is 99.1 cm³/mol. The Morgan fingerprint density at radius 3 is 2.71 bits per heavy atom. The number of carbonyl (C=O) groups excluding carboxylic acids is 1. The lowest BCUT2D eigenvalue weighted by Crippen LogP contribution is -2.14. The Labute approximate surface area is 153 Å². The maximum atomic E-state index is 12.4. The van der Waals surface area contributed by atoms with Crippen LogP contribution in [0.5, 0.6) is 5.75 Å². The van der Waals surface area contributed by atoms with Crippen molar-refractivity contribution in [3.63, 3.8) is 0 Å². The molecule has 4 nitrogen and oxygen atoms in total. The van der Waals surface area contributed by atoms with Gasteiger partial charge in [0.15, 0.2) is 0 Å². The Morgan fingerprint density at radius 2 is 2.08 bits per heavy atom. The van der Waals surface area contributed by atoms with Gasteiger partial charge in [-0.05, 0) is 52.7 Å². The van der Waals surface area contributed by atoms with E-state index in [0.29, 0.717) is 26.5 Å². The first-order chi connectivity index (χ1) is 11.5. The number of ether oxygens (including phenoxy) is 1. The number of amides is 1. The van der Waals surface area contributed by atoms with Crippen molar-refractivity contribution in [2.24, 2.45) is 0 Å². The van der Waals surface area contributed by atoms with Crippen LogP contribution in [0.25, 0.3) is 6.08 Å². The topological polar surface area (TPSA) is 62.1 Å². The van der Waals surface area contributed by atoms with Crippen LogP contribution in [0.1, 0.15) is 11.1 Å². The second-order valence-electron chi connectivity index (χ2n) is 4.95. The van der Waals surface area contributed by atoms with E-state index in [1.54, 1.807) is 18.2 Å². The Hall–Kier alpha value is -2.29. The Kier molecular flexibility index (Phi) is 6.02. The molecule has 0 atom stereocenters. The van der Waals surface area contributed by atoms with E-state index in [0.717, 1.165) is 5.56 Å². The molecule has 6 heteroatoms. The zero-order valence-electron chi connectivity index (χ0n) is 13.1. The molecule has 0 unspecified atom stereocenters. The van der Waals surface area contributed by atoms with Crippen LogP contribution in [0.4, 0.5) is 5.69 Å². The molecule has 0 bridgehead atoms. The fourth-order valence-electron chi connectivity index (χ4n) is 2.11. The summed E-state index contributed by atoms with van der Waals surface area (Å²) in [6, 6.07) is 12.6. The van der Waals surface area contributed by atoms with Gasteiger partial charge >= 0.3 is 0 Å². The number of hydrogen-bond acceptors (Lipinski definition) is 3. The molecule has 24 heavy (non-hydrogen) atoms. The van der Waals surface area contributed by atoms with Crippen molar-refractivity contribution in [3.05, 3.63) is 62.6 Å². The predicted octanol–water partition coefficient (Wildman–Crippen LogP) is 4.97. The summed E-state index contributed by atoms with van der Waals surface area (Å²) < 4.78 is 5.94. The van der Waals surface area contributed by atoms with Crippen LogP contribution in [0.3, 0.4) is 0 Å². The fraction of sp³-hybridized carbons (Fsp3) is 0.111. The number of hydrogen-bond donors (Lipinski definition) is 1. The van der Waals surface area contributed by atoms with Crippen LogP contribution in [0.15, 0.2) is 46.4 Å². The number of nitrogens with zero attached hydrogens (tertiary/aromatic N) is 1. The number of aryl methyl sites for hydroxylation is 1. The summed E-state index contributed by atoms with van der Waals surface area (Å²) in [5.41, 5.74) is 2.05. The zero-order chi connectivity index (χ0) is 17.7. The number of nitriles is 1. The molecular weight excluding hydrogens is 392 g/mol. The van der Waals surface area contributed by atoms with Crippen LogP contribution in [-0.2, 0) is 4.79 Å². The molecule has 1 amide bonds. The molecule has 2 aromatic carbocycles. The van der Waals surface area contributed by atoms with Gasteiger partial charge in [-0.3, -0.25) is 4.79 Å². The highest BCUT2D eigenvalue weighted by Crippen LogP contribution is 2.34. The van der Waals surface area contributed by atoms with Crippen molar-refractivity contribution in [1.82, 2.24) is 0 Å². The normalized spacial score (nSPS) is 10.9. The second-order valence-corrected chi connectivity index (χ2v) is 6.24. The molecule has 2 rings (SSSR count). The Morgan fingerprint density at radius 1 is 1.38 bits per heavy atom. The molecule has 0 radical (unpaired) electrons. The van der Waals surface area contributed by atoms with Gasteiger partial charge in [0.05, 0.1) is 11.6 Å². The molecule has 122 valence electrons. The molecular formula is C18H14BrClN2O2. The highest BCUT2D eigenvalue weighted by Gasteiger charge is 2.14. The number of methoxy groups -OCH3 is 1. The number of benzene rings is 2. The van der Waals surface area contributed by atoms with Crippen molar-refractivity contribution in [2.45, 2.75) is 6.92 Å². The molecule has 0 aliphatic rings. The zero-order valence-corrected chi connectivity index (χ0v) is 15.4. The monoisotopic (exact) mass is 404 g/mol. The third-order valence-electron chi connectivity index (χ3n) is 3.30. The minimum Gasteiger partial charge on any atom is -0.495 e. The van der Waals surface area contributed by atoms with Gasteiger partial charge in [0.2, 0.25) is 0 Å². The average Bonchev–Trinajstić information content (AvgIpc) is 2.54. The van der Waals surface area contributed by atoms with Gasteiger partial charge in [-0.2, -0.15) is 5.26 Å². The lowest BCUT2D eigenvalue weighted by Gasteiger charge is -2.10. The van der Waals surface area contributed by atoms with E-state index in [2.05, 4.69) is 21.2 Å². The van der Waals surface area contributed by atoms with Gasteiger partial charge < -0.3 is 10.1 Å². The molecule has 0 aromatic heterocycles. The average molecular weight is 406 g/mol. The third kappa shape index (κ3) is 4.16. The highest BCUT2D eigenvalue weighted by molar-refractivity contribution is 9.10. The Bertz CT molecular complexity index is 857. The molecule has 0 heterocycles. The number of anilines is 1. The van der Waals surface area contributed by atoms with Gasteiger partial charge in [-0.15, -0.1) is 0 Å². The molecule has 0 aliphatic heterocycles. The van der Waals surface area contributed by atoms with Crippen molar-refractivity contribution in [3.8, 4) is 11.8 Å². The van der Waals surface area contributed by atoms with Gasteiger partial charge in [0.1, 0.15) is 17.4 Å². The van der Waals surface area contributed by atoms with E-state index in [-0.39, 0.29) is 5.57 Å². The van der Waals surface area contributed by atoms with Gasteiger partial charge in [-0.1, -0.05) is 29.8 Å². The lowest BCUT2D eigenvalue weighted by atomic mass is 10.1. The van der Waals surface area contributed by atoms with Crippen molar-refractivity contribution < 1.29 is 9.53 Å². The third-order valence-corrected chi connectivity index (χ3v) is 4.11. The summed E-state index contributed by atoms with van der Waals surface area (Å²) in [4.78, 5) is 12.4. The molecule has 1 N–H and O–H groups in total. The minimum atomic E-state index is -0.495. The van der Waals surface area contributed by atoms with Gasteiger partial charge in [-0.25, -0.2) is 0 Å². The first-order valence-corrected chi connectivity index (χ1v) is 8.15. The second kappa shape index (κ2) is 8.00. The van der Waals surface area contributed by atoms with E-state index in [1.807, 2.05) is 31.2 Å². The molecule has 0 aliphatic carbocycles. The van der Waals surface area contributed by atoms with E-state index < -0.39 is 5.91 Å². The fourth-order valence-corrected chi connectivity index (χ4v) is 3.11. The maximum Gasteiger partial charge on any atom is 0.266 e. The molecule has 2 aromatic rings.